The quantitative estimate of drug-likeness (QED) is 0.225. The van der Waals surface area contributed by atoms with Gasteiger partial charge in [0, 0.05) is 30.2 Å². The van der Waals surface area contributed by atoms with Crippen molar-refractivity contribution in [2.75, 3.05) is 19.8 Å². The van der Waals surface area contributed by atoms with Gasteiger partial charge in [-0.2, -0.15) is 0 Å². The second kappa shape index (κ2) is 13.1. The number of carboxylic acid groups (broad SMARTS) is 1. The van der Waals surface area contributed by atoms with Gasteiger partial charge in [-0.3, -0.25) is 0 Å². The Balaban J connectivity index is 3.84. The van der Waals surface area contributed by atoms with Crippen molar-refractivity contribution in [2.24, 2.45) is 5.41 Å². The molecule has 0 fully saturated rings. The summed E-state index contributed by atoms with van der Waals surface area (Å²) in [6.07, 6.45) is 0.224. The van der Waals surface area contributed by atoms with Crippen LogP contribution in [0.2, 0.25) is 0 Å². The first kappa shape index (κ1) is 29.9. The smallest absolute Gasteiger partial charge is 0.404 e. The van der Waals surface area contributed by atoms with E-state index in [1.807, 2.05) is 25.1 Å². The van der Waals surface area contributed by atoms with E-state index in [0.29, 0.717) is 5.56 Å². The number of esters is 3. The molecule has 1 unspecified atom stereocenters. The van der Waals surface area contributed by atoms with Gasteiger partial charge in [-0.05, 0) is 18.1 Å². The SMILES string of the molecule is C=CC(=O)OCC(CNC(=O)O)(COC(=O)C=C)C(OC(=O)C=C)C(C)(C)c1cccc(C(=C)C)c1. The standard InChI is InChI=1S/C27H33NO8/c1-8-21(29)34-16-27(15-28-25(32)33,17-35-22(30)9-2)24(36-23(31)10-3)26(6,7)20-13-11-12-19(14-20)18(4)5/h8-14,24,28H,1-4,15-17H2,5-7H3,(H,32,33). The number of amides is 1. The summed E-state index contributed by atoms with van der Waals surface area (Å²) in [5.41, 5.74) is -0.275. The van der Waals surface area contributed by atoms with Crippen LogP contribution in [0.15, 0.2) is 68.8 Å². The zero-order valence-corrected chi connectivity index (χ0v) is 20.9. The number of rotatable bonds is 14. The van der Waals surface area contributed by atoms with Crippen LogP contribution < -0.4 is 5.32 Å². The lowest BCUT2D eigenvalue weighted by Gasteiger charge is -2.46. The van der Waals surface area contributed by atoms with Crippen LogP contribution in [0.25, 0.3) is 5.57 Å². The molecule has 0 radical (unpaired) electrons. The minimum absolute atomic E-state index is 0.407. The van der Waals surface area contributed by atoms with E-state index in [1.54, 1.807) is 19.9 Å². The van der Waals surface area contributed by atoms with Crippen LogP contribution >= 0.6 is 0 Å². The van der Waals surface area contributed by atoms with E-state index in [4.69, 9.17) is 14.2 Å². The van der Waals surface area contributed by atoms with E-state index >= 15 is 0 Å². The molecule has 2 N–H and O–H groups in total. The normalized spacial score (nSPS) is 11.9. The Morgan fingerprint density at radius 1 is 1.00 bits per heavy atom. The third-order valence-electron chi connectivity index (χ3n) is 5.64. The lowest BCUT2D eigenvalue weighted by Crippen LogP contribution is -2.59. The van der Waals surface area contributed by atoms with Gasteiger partial charge in [0.1, 0.15) is 19.3 Å². The molecule has 0 spiro atoms. The number of carbonyl (C=O) groups is 4. The molecule has 0 aliphatic heterocycles. The molecule has 0 saturated heterocycles. The zero-order chi connectivity index (χ0) is 27.5. The third-order valence-corrected chi connectivity index (χ3v) is 5.64. The summed E-state index contributed by atoms with van der Waals surface area (Å²) in [5, 5.41) is 11.6. The molecule has 9 nitrogen and oxygen atoms in total. The van der Waals surface area contributed by atoms with Crippen molar-refractivity contribution in [3.05, 3.63) is 79.9 Å². The lowest BCUT2D eigenvalue weighted by atomic mass is 9.66. The van der Waals surface area contributed by atoms with Crippen molar-refractivity contribution >= 4 is 29.6 Å². The summed E-state index contributed by atoms with van der Waals surface area (Å²) in [6, 6.07) is 7.34. The van der Waals surface area contributed by atoms with Crippen LogP contribution in [-0.2, 0) is 34.0 Å². The van der Waals surface area contributed by atoms with E-state index in [1.165, 1.54) is 0 Å². The molecular weight excluding hydrogens is 466 g/mol. The van der Waals surface area contributed by atoms with E-state index in [9.17, 15) is 24.3 Å². The molecule has 1 aromatic carbocycles. The van der Waals surface area contributed by atoms with Crippen molar-refractivity contribution in [2.45, 2.75) is 32.3 Å². The predicted octanol–water partition coefficient (Wildman–Crippen LogP) is 3.81. The Morgan fingerprint density at radius 2 is 1.53 bits per heavy atom. The Morgan fingerprint density at radius 3 is 1.97 bits per heavy atom. The van der Waals surface area contributed by atoms with Gasteiger partial charge < -0.3 is 24.6 Å². The van der Waals surface area contributed by atoms with Crippen molar-refractivity contribution in [1.29, 1.82) is 0 Å². The fraction of sp³-hybridized carbons (Fsp3) is 0.333. The van der Waals surface area contributed by atoms with E-state index in [-0.39, 0.29) is 0 Å². The first-order valence-electron chi connectivity index (χ1n) is 11.0. The minimum atomic E-state index is -1.57. The van der Waals surface area contributed by atoms with E-state index in [2.05, 4.69) is 31.6 Å². The molecule has 36 heavy (non-hydrogen) atoms. The zero-order valence-electron chi connectivity index (χ0n) is 20.9. The largest absolute Gasteiger partial charge is 0.465 e. The number of hydrogen-bond donors (Lipinski definition) is 2. The highest BCUT2D eigenvalue weighted by molar-refractivity contribution is 5.82. The van der Waals surface area contributed by atoms with Crippen LogP contribution in [0.4, 0.5) is 4.79 Å². The monoisotopic (exact) mass is 499 g/mol. The maximum Gasteiger partial charge on any atom is 0.404 e. The highest BCUT2D eigenvalue weighted by Gasteiger charge is 2.52. The van der Waals surface area contributed by atoms with Crippen molar-refractivity contribution < 1.29 is 38.5 Å². The van der Waals surface area contributed by atoms with Gasteiger partial charge in [-0.25, -0.2) is 19.2 Å². The second-order valence-electron chi connectivity index (χ2n) is 8.75. The molecule has 0 bridgehead atoms. The molecule has 0 aliphatic rings. The first-order chi connectivity index (χ1) is 16.8. The van der Waals surface area contributed by atoms with Crippen LogP contribution in [-0.4, -0.2) is 55.0 Å². The van der Waals surface area contributed by atoms with Gasteiger partial charge in [0.25, 0.3) is 0 Å². The van der Waals surface area contributed by atoms with Gasteiger partial charge in [-0.1, -0.05) is 70.0 Å². The van der Waals surface area contributed by atoms with Crippen LogP contribution in [0, 0.1) is 5.41 Å². The Hall–Kier alpha value is -4.14. The molecule has 0 heterocycles. The van der Waals surface area contributed by atoms with Crippen LogP contribution in [0.3, 0.4) is 0 Å². The summed E-state index contributed by atoms with van der Waals surface area (Å²) < 4.78 is 16.4. The average Bonchev–Trinajstić information content (AvgIpc) is 2.86. The highest BCUT2D eigenvalue weighted by Crippen LogP contribution is 2.41. The van der Waals surface area contributed by atoms with Gasteiger partial charge in [0.15, 0.2) is 0 Å². The lowest BCUT2D eigenvalue weighted by molar-refractivity contribution is -0.173. The highest BCUT2D eigenvalue weighted by atomic mass is 16.6. The molecule has 194 valence electrons. The summed E-state index contributed by atoms with van der Waals surface area (Å²) >= 11 is 0. The van der Waals surface area contributed by atoms with Gasteiger partial charge in [-0.15, -0.1) is 0 Å². The van der Waals surface area contributed by atoms with Crippen LogP contribution in [0.5, 0.6) is 0 Å². The molecular formula is C27H33NO8. The average molecular weight is 500 g/mol. The fourth-order valence-electron chi connectivity index (χ4n) is 3.73. The molecule has 1 amide bonds. The van der Waals surface area contributed by atoms with Crippen LogP contribution in [0.1, 0.15) is 31.9 Å². The Kier molecular flexibility index (Phi) is 10.9. The maximum absolute atomic E-state index is 12.5. The topological polar surface area (TPSA) is 128 Å². The Labute approximate surface area is 211 Å². The number of hydrogen-bond acceptors (Lipinski definition) is 7. The third kappa shape index (κ3) is 7.97. The van der Waals surface area contributed by atoms with Gasteiger partial charge >= 0.3 is 24.0 Å². The molecule has 1 atom stereocenters. The summed E-state index contributed by atoms with van der Waals surface area (Å²) in [7, 11) is 0. The molecule has 0 aliphatic carbocycles. The van der Waals surface area contributed by atoms with E-state index < -0.39 is 60.7 Å². The molecule has 0 saturated carbocycles. The number of allylic oxidation sites excluding steroid dienone is 1. The molecule has 9 heteroatoms. The van der Waals surface area contributed by atoms with Crippen molar-refractivity contribution in [3.63, 3.8) is 0 Å². The fourth-order valence-corrected chi connectivity index (χ4v) is 3.73. The maximum atomic E-state index is 12.5. The van der Waals surface area contributed by atoms with Crippen molar-refractivity contribution in [1.82, 2.24) is 5.32 Å². The first-order valence-corrected chi connectivity index (χ1v) is 11.0. The number of ether oxygens (including phenoxy) is 3. The number of nitrogens with one attached hydrogen (secondary N) is 1. The van der Waals surface area contributed by atoms with Crippen molar-refractivity contribution in [3.8, 4) is 0 Å². The number of benzene rings is 1. The summed E-state index contributed by atoms with van der Waals surface area (Å²) in [6.45, 7) is 18.1. The molecule has 1 rings (SSSR count). The van der Waals surface area contributed by atoms with E-state index in [0.717, 1.165) is 29.4 Å². The van der Waals surface area contributed by atoms with Gasteiger partial charge in [0.2, 0.25) is 0 Å². The minimum Gasteiger partial charge on any atom is -0.465 e. The predicted molar refractivity (Wildman–Crippen MR) is 135 cm³/mol. The number of carbonyl (C=O) groups excluding carboxylic acids is 3. The van der Waals surface area contributed by atoms with Gasteiger partial charge in [0.05, 0.1) is 5.41 Å². The molecule has 0 aromatic heterocycles. The summed E-state index contributed by atoms with van der Waals surface area (Å²) in [5.74, 6) is -2.42. The second-order valence-corrected chi connectivity index (χ2v) is 8.75. The molecule has 1 aromatic rings. The Bertz CT molecular complexity index is 1020. The summed E-state index contributed by atoms with van der Waals surface area (Å²) in [4.78, 5) is 48.0.